The number of amides is 1. The quantitative estimate of drug-likeness (QED) is 0.486. The smallest absolute Gasteiger partial charge is 0.338 e. The van der Waals surface area contributed by atoms with Crippen molar-refractivity contribution in [2.45, 2.75) is 0 Å². The third kappa shape index (κ3) is 4.26. The fourth-order valence-corrected chi connectivity index (χ4v) is 1.80. The number of nitrogens with one attached hydrogen (secondary N) is 1. The SMILES string of the molecule is COc1ccc([N+](=O)[O-])cc1NC(=O)COC(=O)c1ccncc1. The van der Waals surface area contributed by atoms with Crippen molar-refractivity contribution in [3.63, 3.8) is 0 Å². The van der Waals surface area contributed by atoms with Gasteiger partial charge in [-0.1, -0.05) is 0 Å². The summed E-state index contributed by atoms with van der Waals surface area (Å²) in [6.45, 7) is -0.549. The Hall–Kier alpha value is -3.49. The minimum Gasteiger partial charge on any atom is -0.495 e. The van der Waals surface area contributed by atoms with Gasteiger partial charge in [-0.15, -0.1) is 0 Å². The second-order valence-electron chi connectivity index (χ2n) is 4.50. The Labute approximate surface area is 136 Å². The number of esters is 1. The lowest BCUT2D eigenvalue weighted by atomic mass is 10.2. The van der Waals surface area contributed by atoms with E-state index in [2.05, 4.69) is 10.3 Å². The van der Waals surface area contributed by atoms with Crippen molar-refractivity contribution < 1.29 is 24.0 Å². The second-order valence-corrected chi connectivity index (χ2v) is 4.50. The maximum atomic E-state index is 11.9. The first-order valence-electron chi connectivity index (χ1n) is 6.70. The lowest BCUT2D eigenvalue weighted by molar-refractivity contribution is -0.384. The number of methoxy groups -OCH3 is 1. The first-order chi connectivity index (χ1) is 11.5. The van der Waals surface area contributed by atoms with Crippen molar-refractivity contribution in [3.8, 4) is 5.75 Å². The van der Waals surface area contributed by atoms with E-state index >= 15 is 0 Å². The van der Waals surface area contributed by atoms with Gasteiger partial charge in [0.15, 0.2) is 6.61 Å². The van der Waals surface area contributed by atoms with Gasteiger partial charge in [-0.25, -0.2) is 4.79 Å². The molecule has 2 aromatic rings. The Balaban J connectivity index is 2.00. The van der Waals surface area contributed by atoms with Gasteiger partial charge in [0.05, 0.1) is 23.3 Å². The first-order valence-corrected chi connectivity index (χ1v) is 6.70. The minimum atomic E-state index is -0.682. The monoisotopic (exact) mass is 331 g/mol. The van der Waals surface area contributed by atoms with E-state index in [1.165, 1.54) is 43.8 Å². The largest absolute Gasteiger partial charge is 0.495 e. The minimum absolute atomic E-state index is 0.108. The molecule has 0 unspecified atom stereocenters. The van der Waals surface area contributed by atoms with Crippen LogP contribution < -0.4 is 10.1 Å². The van der Waals surface area contributed by atoms with Crippen LogP contribution in [0.4, 0.5) is 11.4 Å². The summed E-state index contributed by atoms with van der Waals surface area (Å²) >= 11 is 0. The van der Waals surface area contributed by atoms with Crippen LogP contribution in [0.25, 0.3) is 0 Å². The summed E-state index contributed by atoms with van der Waals surface area (Å²) in [5.41, 5.74) is 0.155. The zero-order valence-electron chi connectivity index (χ0n) is 12.6. The Morgan fingerprint density at radius 1 is 1.25 bits per heavy atom. The van der Waals surface area contributed by atoms with E-state index in [9.17, 15) is 19.7 Å². The standard InChI is InChI=1S/C15H13N3O6/c1-23-13-3-2-11(18(21)22)8-12(13)17-14(19)9-24-15(20)10-4-6-16-7-5-10/h2-8H,9H2,1H3,(H,17,19). The number of carbonyl (C=O) groups is 2. The Morgan fingerprint density at radius 2 is 1.96 bits per heavy atom. The topological polar surface area (TPSA) is 121 Å². The molecule has 0 bridgehead atoms. The summed E-state index contributed by atoms with van der Waals surface area (Å²) in [5.74, 6) is -1.09. The van der Waals surface area contributed by atoms with Crippen LogP contribution in [0.15, 0.2) is 42.7 Å². The van der Waals surface area contributed by atoms with Crippen LogP contribution in [0.2, 0.25) is 0 Å². The fraction of sp³-hybridized carbons (Fsp3) is 0.133. The van der Waals surface area contributed by atoms with Crippen molar-refractivity contribution >= 4 is 23.3 Å². The number of pyridine rings is 1. The highest BCUT2D eigenvalue weighted by Crippen LogP contribution is 2.28. The number of ether oxygens (including phenoxy) is 2. The molecule has 0 saturated heterocycles. The third-order valence-electron chi connectivity index (χ3n) is 2.92. The summed E-state index contributed by atoms with van der Waals surface area (Å²) in [6, 6.07) is 6.66. The number of rotatable bonds is 6. The van der Waals surface area contributed by atoms with E-state index in [1.54, 1.807) is 0 Å². The predicted molar refractivity (Wildman–Crippen MR) is 82.8 cm³/mol. The molecule has 0 atom stereocenters. The van der Waals surface area contributed by atoms with Crippen LogP contribution in [0.5, 0.6) is 5.75 Å². The average Bonchev–Trinajstić information content (AvgIpc) is 2.60. The number of non-ortho nitro benzene ring substituents is 1. The van der Waals surface area contributed by atoms with Crippen molar-refractivity contribution in [3.05, 3.63) is 58.4 Å². The van der Waals surface area contributed by atoms with Crippen LogP contribution in [-0.2, 0) is 9.53 Å². The molecule has 1 aromatic carbocycles. The number of aromatic nitrogens is 1. The summed E-state index contributed by atoms with van der Waals surface area (Å²) < 4.78 is 9.88. The molecule has 0 aliphatic heterocycles. The zero-order chi connectivity index (χ0) is 17.5. The van der Waals surface area contributed by atoms with Crippen LogP contribution >= 0.6 is 0 Å². The molecule has 0 radical (unpaired) electrons. The normalized spacial score (nSPS) is 9.88. The molecule has 0 aliphatic rings. The zero-order valence-corrected chi connectivity index (χ0v) is 12.6. The van der Waals surface area contributed by atoms with E-state index in [0.29, 0.717) is 0 Å². The van der Waals surface area contributed by atoms with Gasteiger partial charge in [-0.3, -0.25) is 19.9 Å². The Kier molecular flexibility index (Phi) is 5.40. The van der Waals surface area contributed by atoms with Crippen LogP contribution in [0.3, 0.4) is 0 Å². The van der Waals surface area contributed by atoms with E-state index in [4.69, 9.17) is 9.47 Å². The highest BCUT2D eigenvalue weighted by molar-refractivity contribution is 5.96. The molecule has 1 N–H and O–H groups in total. The van der Waals surface area contributed by atoms with Crippen LogP contribution in [0, 0.1) is 10.1 Å². The predicted octanol–water partition coefficient (Wildman–Crippen LogP) is 1.79. The van der Waals surface area contributed by atoms with Gasteiger partial charge in [0.2, 0.25) is 0 Å². The molecule has 24 heavy (non-hydrogen) atoms. The molecule has 0 aliphatic carbocycles. The number of carbonyl (C=O) groups excluding carboxylic acids is 2. The molecule has 0 fully saturated rings. The highest BCUT2D eigenvalue weighted by Gasteiger charge is 2.15. The number of nitro benzene ring substituents is 1. The Bertz CT molecular complexity index is 763. The molecule has 2 rings (SSSR count). The lowest BCUT2D eigenvalue weighted by Crippen LogP contribution is -2.21. The maximum Gasteiger partial charge on any atom is 0.338 e. The van der Waals surface area contributed by atoms with Gasteiger partial charge in [-0.2, -0.15) is 0 Å². The molecule has 0 spiro atoms. The number of hydrogen-bond acceptors (Lipinski definition) is 7. The first kappa shape index (κ1) is 16.9. The summed E-state index contributed by atoms with van der Waals surface area (Å²) in [7, 11) is 1.36. The number of hydrogen-bond donors (Lipinski definition) is 1. The van der Waals surface area contributed by atoms with Crippen molar-refractivity contribution in [2.75, 3.05) is 19.0 Å². The van der Waals surface area contributed by atoms with Gasteiger partial charge in [-0.05, 0) is 18.2 Å². The molecule has 0 saturated carbocycles. The van der Waals surface area contributed by atoms with E-state index in [-0.39, 0.29) is 22.7 Å². The van der Waals surface area contributed by atoms with Gasteiger partial charge in [0, 0.05) is 24.5 Å². The summed E-state index contributed by atoms with van der Waals surface area (Å²) in [4.78, 5) is 37.5. The number of nitrogens with zero attached hydrogens (tertiary/aromatic N) is 2. The van der Waals surface area contributed by atoms with Crippen molar-refractivity contribution in [2.24, 2.45) is 0 Å². The maximum absolute atomic E-state index is 11.9. The second kappa shape index (κ2) is 7.68. The van der Waals surface area contributed by atoms with E-state index in [1.807, 2.05) is 0 Å². The van der Waals surface area contributed by atoms with Crippen LogP contribution in [0.1, 0.15) is 10.4 Å². The molecule has 1 amide bonds. The van der Waals surface area contributed by atoms with Crippen molar-refractivity contribution in [1.29, 1.82) is 0 Å². The van der Waals surface area contributed by atoms with Gasteiger partial charge < -0.3 is 14.8 Å². The summed E-state index contributed by atoms with van der Waals surface area (Å²) in [6.07, 6.45) is 2.84. The fourth-order valence-electron chi connectivity index (χ4n) is 1.80. The molecular weight excluding hydrogens is 318 g/mol. The molecule has 9 heteroatoms. The molecular formula is C15H13N3O6. The molecule has 124 valence electrons. The highest BCUT2D eigenvalue weighted by atomic mass is 16.6. The Morgan fingerprint density at radius 3 is 2.58 bits per heavy atom. The lowest BCUT2D eigenvalue weighted by Gasteiger charge is -2.10. The van der Waals surface area contributed by atoms with E-state index in [0.717, 1.165) is 6.07 Å². The number of anilines is 1. The van der Waals surface area contributed by atoms with Gasteiger partial charge in [0.1, 0.15) is 5.75 Å². The van der Waals surface area contributed by atoms with Crippen LogP contribution in [-0.4, -0.2) is 35.5 Å². The van der Waals surface area contributed by atoms with Gasteiger partial charge in [0.25, 0.3) is 11.6 Å². The molecule has 9 nitrogen and oxygen atoms in total. The van der Waals surface area contributed by atoms with Gasteiger partial charge >= 0.3 is 5.97 Å². The third-order valence-corrected chi connectivity index (χ3v) is 2.92. The number of benzene rings is 1. The average molecular weight is 331 g/mol. The molecule has 1 aromatic heterocycles. The molecule has 1 heterocycles. The summed E-state index contributed by atoms with van der Waals surface area (Å²) in [5, 5.41) is 13.2. The van der Waals surface area contributed by atoms with E-state index < -0.39 is 23.4 Å². The van der Waals surface area contributed by atoms with Crippen molar-refractivity contribution in [1.82, 2.24) is 4.98 Å². The number of nitro groups is 1.